The lowest BCUT2D eigenvalue weighted by Gasteiger charge is -1.98. The van der Waals surface area contributed by atoms with E-state index >= 15 is 0 Å². The molecule has 2 aromatic rings. The first-order chi connectivity index (χ1) is 7.58. The second-order valence-electron chi connectivity index (χ2n) is 3.78. The molecule has 1 aromatic carbocycles. The molecule has 0 aliphatic carbocycles. The Morgan fingerprint density at radius 2 is 2.12 bits per heavy atom. The summed E-state index contributed by atoms with van der Waals surface area (Å²) >= 11 is 2.06. The van der Waals surface area contributed by atoms with Crippen LogP contribution >= 0.6 is 22.6 Å². The first-order valence-corrected chi connectivity index (χ1v) is 5.98. The smallest absolute Gasteiger partial charge is 0.258 e. The van der Waals surface area contributed by atoms with E-state index in [0.29, 0.717) is 11.7 Å². The highest BCUT2D eigenvalue weighted by Crippen LogP contribution is 2.27. The number of hydrogen-bond acceptors (Lipinski definition) is 4. The Bertz CT molecular complexity index is 508. The summed E-state index contributed by atoms with van der Waals surface area (Å²) in [6.07, 6.45) is 0. The summed E-state index contributed by atoms with van der Waals surface area (Å²) in [6, 6.07) is 5.28. The molecule has 4 nitrogen and oxygen atoms in total. The van der Waals surface area contributed by atoms with Gasteiger partial charge in [-0.05, 0) is 40.8 Å². The van der Waals surface area contributed by atoms with Crippen LogP contribution < -0.4 is 0 Å². The number of aromatic hydroxyl groups is 1. The van der Waals surface area contributed by atoms with Crippen molar-refractivity contribution in [2.75, 3.05) is 0 Å². The van der Waals surface area contributed by atoms with Crippen molar-refractivity contribution in [3.05, 3.63) is 27.6 Å². The highest BCUT2D eigenvalue weighted by Gasteiger charge is 2.12. The summed E-state index contributed by atoms with van der Waals surface area (Å²) in [5, 5.41) is 13.5. The van der Waals surface area contributed by atoms with Crippen LogP contribution in [0.2, 0.25) is 0 Å². The second kappa shape index (κ2) is 4.40. The predicted molar refractivity (Wildman–Crippen MR) is 68.2 cm³/mol. The molecular formula is C11H11IN2O2. The molecule has 1 aromatic heterocycles. The molecule has 0 amide bonds. The maximum atomic E-state index is 9.58. The van der Waals surface area contributed by atoms with Gasteiger partial charge in [-0.25, -0.2) is 0 Å². The van der Waals surface area contributed by atoms with Crippen molar-refractivity contribution in [2.24, 2.45) is 0 Å². The van der Waals surface area contributed by atoms with Crippen molar-refractivity contribution in [1.29, 1.82) is 0 Å². The largest absolute Gasteiger partial charge is 0.507 e. The molecule has 5 heteroatoms. The minimum Gasteiger partial charge on any atom is -0.507 e. The highest BCUT2D eigenvalue weighted by atomic mass is 127. The Kier molecular flexibility index (Phi) is 3.13. The second-order valence-corrected chi connectivity index (χ2v) is 4.94. The Morgan fingerprint density at radius 1 is 1.38 bits per heavy atom. The lowest BCUT2D eigenvalue weighted by molar-refractivity contribution is 0.418. The van der Waals surface area contributed by atoms with Crippen LogP contribution in [0, 0.1) is 3.57 Å². The van der Waals surface area contributed by atoms with E-state index in [4.69, 9.17) is 4.52 Å². The Hall–Kier alpha value is -1.11. The molecule has 0 unspecified atom stereocenters. The van der Waals surface area contributed by atoms with Gasteiger partial charge in [0.2, 0.25) is 0 Å². The molecule has 2 rings (SSSR count). The Labute approximate surface area is 107 Å². The van der Waals surface area contributed by atoms with Crippen LogP contribution in [-0.2, 0) is 0 Å². The van der Waals surface area contributed by atoms with Crippen LogP contribution in [0.5, 0.6) is 5.75 Å². The average molecular weight is 330 g/mol. The molecular weight excluding hydrogens is 319 g/mol. The van der Waals surface area contributed by atoms with Gasteiger partial charge in [0.15, 0.2) is 5.82 Å². The van der Waals surface area contributed by atoms with Gasteiger partial charge in [0, 0.05) is 11.5 Å². The first-order valence-electron chi connectivity index (χ1n) is 4.90. The van der Waals surface area contributed by atoms with E-state index in [1.165, 1.54) is 0 Å². The van der Waals surface area contributed by atoms with E-state index in [9.17, 15) is 5.11 Å². The molecule has 16 heavy (non-hydrogen) atoms. The number of phenolic OH excluding ortho intramolecular Hbond substituents is 1. The highest BCUT2D eigenvalue weighted by molar-refractivity contribution is 14.1. The van der Waals surface area contributed by atoms with Crippen LogP contribution in [-0.4, -0.2) is 15.2 Å². The average Bonchev–Trinajstić information content (AvgIpc) is 2.71. The third-order valence-electron chi connectivity index (χ3n) is 2.15. The van der Waals surface area contributed by atoms with E-state index in [-0.39, 0.29) is 11.7 Å². The van der Waals surface area contributed by atoms with Gasteiger partial charge in [0.25, 0.3) is 5.89 Å². The number of rotatable bonds is 2. The molecule has 1 heterocycles. The summed E-state index contributed by atoms with van der Waals surface area (Å²) < 4.78 is 5.93. The van der Waals surface area contributed by atoms with E-state index in [1.54, 1.807) is 6.07 Å². The van der Waals surface area contributed by atoms with Gasteiger partial charge in [0.1, 0.15) is 5.75 Å². The van der Waals surface area contributed by atoms with Gasteiger partial charge in [-0.2, -0.15) is 4.98 Å². The zero-order valence-corrected chi connectivity index (χ0v) is 11.1. The fraction of sp³-hybridized carbons (Fsp3) is 0.273. The van der Waals surface area contributed by atoms with Crippen molar-refractivity contribution < 1.29 is 9.63 Å². The summed E-state index contributed by atoms with van der Waals surface area (Å²) in [4.78, 5) is 4.26. The normalized spacial score (nSPS) is 11.0. The van der Waals surface area contributed by atoms with Crippen LogP contribution in [0.4, 0.5) is 0 Å². The standard InChI is InChI=1S/C11H11IN2O2/c1-6(2)10-13-11(16-14-10)7-3-4-8(12)9(15)5-7/h3-6,15H,1-2H3. The summed E-state index contributed by atoms with van der Waals surface area (Å²) in [5.41, 5.74) is 0.734. The zero-order chi connectivity index (χ0) is 11.7. The van der Waals surface area contributed by atoms with E-state index in [1.807, 2.05) is 26.0 Å². The monoisotopic (exact) mass is 330 g/mol. The molecule has 0 spiro atoms. The van der Waals surface area contributed by atoms with Gasteiger partial charge < -0.3 is 9.63 Å². The summed E-state index contributed by atoms with van der Waals surface area (Å²) in [7, 11) is 0. The fourth-order valence-corrected chi connectivity index (χ4v) is 1.57. The summed E-state index contributed by atoms with van der Waals surface area (Å²) in [5.74, 6) is 1.57. The fourth-order valence-electron chi connectivity index (χ4n) is 1.23. The number of nitrogens with zero attached hydrogens (tertiary/aromatic N) is 2. The van der Waals surface area contributed by atoms with Crippen molar-refractivity contribution >= 4 is 22.6 Å². The lowest BCUT2D eigenvalue weighted by Crippen LogP contribution is -1.89. The number of aromatic nitrogens is 2. The van der Waals surface area contributed by atoms with Crippen LogP contribution in [0.3, 0.4) is 0 Å². The van der Waals surface area contributed by atoms with Gasteiger partial charge in [0.05, 0.1) is 3.57 Å². The maximum absolute atomic E-state index is 9.58. The molecule has 0 aliphatic heterocycles. The molecule has 0 bridgehead atoms. The van der Waals surface area contributed by atoms with Gasteiger partial charge >= 0.3 is 0 Å². The van der Waals surface area contributed by atoms with Gasteiger partial charge in [-0.15, -0.1) is 0 Å². The Morgan fingerprint density at radius 3 is 2.69 bits per heavy atom. The maximum Gasteiger partial charge on any atom is 0.258 e. The molecule has 0 radical (unpaired) electrons. The molecule has 84 valence electrons. The van der Waals surface area contributed by atoms with Crippen molar-refractivity contribution in [1.82, 2.24) is 10.1 Å². The third kappa shape index (κ3) is 2.18. The zero-order valence-electron chi connectivity index (χ0n) is 8.94. The number of phenols is 1. The van der Waals surface area contributed by atoms with Crippen LogP contribution in [0.15, 0.2) is 22.7 Å². The summed E-state index contributed by atoms with van der Waals surface area (Å²) in [6.45, 7) is 4.00. The molecule has 0 atom stereocenters. The van der Waals surface area contributed by atoms with Crippen molar-refractivity contribution in [3.8, 4) is 17.2 Å². The molecule has 0 fully saturated rings. The van der Waals surface area contributed by atoms with E-state index < -0.39 is 0 Å². The van der Waals surface area contributed by atoms with E-state index in [0.717, 1.165) is 9.13 Å². The van der Waals surface area contributed by atoms with Crippen LogP contribution in [0.1, 0.15) is 25.6 Å². The first kappa shape index (κ1) is 11.4. The predicted octanol–water partition coefficient (Wildman–Crippen LogP) is 3.17. The molecule has 0 saturated heterocycles. The molecule has 0 aliphatic rings. The van der Waals surface area contributed by atoms with Crippen molar-refractivity contribution in [3.63, 3.8) is 0 Å². The topological polar surface area (TPSA) is 59.2 Å². The Balaban J connectivity index is 2.39. The van der Waals surface area contributed by atoms with E-state index in [2.05, 4.69) is 32.7 Å². The SMILES string of the molecule is CC(C)c1noc(-c2ccc(I)c(O)c2)n1. The molecule has 0 saturated carbocycles. The number of halogens is 1. The third-order valence-corrected chi connectivity index (χ3v) is 3.06. The lowest BCUT2D eigenvalue weighted by atomic mass is 10.2. The van der Waals surface area contributed by atoms with Crippen LogP contribution in [0.25, 0.3) is 11.5 Å². The molecule has 1 N–H and O–H groups in total. The minimum absolute atomic E-state index is 0.224. The minimum atomic E-state index is 0.224. The number of hydrogen-bond donors (Lipinski definition) is 1. The quantitative estimate of drug-likeness (QED) is 0.860. The number of benzene rings is 1. The van der Waals surface area contributed by atoms with Gasteiger partial charge in [-0.1, -0.05) is 19.0 Å². The van der Waals surface area contributed by atoms with Crippen molar-refractivity contribution in [2.45, 2.75) is 19.8 Å². The van der Waals surface area contributed by atoms with Gasteiger partial charge in [-0.3, -0.25) is 0 Å².